The molecule has 1 saturated carbocycles. The molecule has 0 radical (unpaired) electrons. The average molecular weight is 253 g/mol. The van der Waals surface area contributed by atoms with Crippen LogP contribution in [-0.4, -0.2) is 36.0 Å². The minimum Gasteiger partial charge on any atom is -0.444 e. The van der Waals surface area contributed by atoms with Crippen LogP contribution in [0, 0.1) is 17.8 Å². The molecule has 1 aliphatic carbocycles. The fourth-order valence-electron chi connectivity index (χ4n) is 2.77. The van der Waals surface area contributed by atoms with Crippen LogP contribution in [0.2, 0.25) is 0 Å². The fourth-order valence-corrected chi connectivity index (χ4v) is 2.77. The van der Waals surface area contributed by atoms with E-state index in [0.717, 1.165) is 38.6 Å². The Labute approximate surface area is 109 Å². The highest BCUT2D eigenvalue weighted by Crippen LogP contribution is 2.46. The normalized spacial score (nSPS) is 28.9. The number of hydrogen-bond acceptors (Lipinski definition) is 3. The molecule has 0 N–H and O–H groups in total. The number of carbonyl (C=O) groups is 2. The van der Waals surface area contributed by atoms with Crippen molar-refractivity contribution in [3.63, 3.8) is 0 Å². The first-order valence-corrected chi connectivity index (χ1v) is 6.84. The van der Waals surface area contributed by atoms with Gasteiger partial charge in [0, 0.05) is 19.0 Å². The van der Waals surface area contributed by atoms with E-state index in [1.165, 1.54) is 0 Å². The Bertz CT molecular complexity index is 326. The predicted molar refractivity (Wildman–Crippen MR) is 68.2 cm³/mol. The third-order valence-electron chi connectivity index (χ3n) is 3.86. The van der Waals surface area contributed by atoms with Gasteiger partial charge >= 0.3 is 6.09 Å². The van der Waals surface area contributed by atoms with E-state index in [2.05, 4.69) is 0 Å². The van der Waals surface area contributed by atoms with Crippen molar-refractivity contribution in [3.8, 4) is 0 Å². The zero-order chi connectivity index (χ0) is 13.3. The molecule has 2 fully saturated rings. The first kappa shape index (κ1) is 13.4. The predicted octanol–water partition coefficient (Wildman–Crippen LogP) is 2.47. The van der Waals surface area contributed by atoms with Crippen molar-refractivity contribution < 1.29 is 14.3 Å². The van der Waals surface area contributed by atoms with E-state index in [4.69, 9.17) is 4.74 Å². The van der Waals surface area contributed by atoms with Gasteiger partial charge in [0.1, 0.15) is 11.9 Å². The molecule has 4 nitrogen and oxygen atoms in total. The molecule has 0 aromatic carbocycles. The van der Waals surface area contributed by atoms with Crippen molar-refractivity contribution >= 4 is 12.4 Å². The van der Waals surface area contributed by atoms with Crippen LogP contribution in [0.25, 0.3) is 0 Å². The monoisotopic (exact) mass is 253 g/mol. The summed E-state index contributed by atoms with van der Waals surface area (Å²) in [6, 6.07) is 0. The van der Waals surface area contributed by atoms with Crippen LogP contribution in [0.4, 0.5) is 4.79 Å². The Morgan fingerprint density at radius 3 is 2.33 bits per heavy atom. The first-order valence-electron chi connectivity index (χ1n) is 6.84. The number of aldehydes is 1. The third-order valence-corrected chi connectivity index (χ3v) is 3.86. The van der Waals surface area contributed by atoms with Crippen LogP contribution >= 0.6 is 0 Å². The lowest BCUT2D eigenvalue weighted by Crippen LogP contribution is -2.42. The van der Waals surface area contributed by atoms with Crippen LogP contribution < -0.4 is 0 Å². The summed E-state index contributed by atoms with van der Waals surface area (Å²) >= 11 is 0. The number of nitrogens with zero attached hydrogens (tertiary/aromatic N) is 1. The van der Waals surface area contributed by atoms with Crippen molar-refractivity contribution in [2.24, 2.45) is 17.8 Å². The van der Waals surface area contributed by atoms with Gasteiger partial charge in [-0.2, -0.15) is 0 Å². The van der Waals surface area contributed by atoms with Crippen molar-refractivity contribution in [1.29, 1.82) is 0 Å². The number of hydrogen-bond donors (Lipinski definition) is 0. The molecule has 102 valence electrons. The molecule has 2 atom stereocenters. The summed E-state index contributed by atoms with van der Waals surface area (Å²) in [4.78, 5) is 24.3. The molecule has 0 aromatic rings. The van der Waals surface area contributed by atoms with Gasteiger partial charge in [0.25, 0.3) is 0 Å². The number of carbonyl (C=O) groups excluding carboxylic acids is 2. The highest BCUT2D eigenvalue weighted by atomic mass is 16.6. The molecule has 1 aliphatic heterocycles. The summed E-state index contributed by atoms with van der Waals surface area (Å²) < 4.78 is 5.36. The Hall–Kier alpha value is -1.06. The number of amides is 1. The van der Waals surface area contributed by atoms with Crippen LogP contribution in [0.1, 0.15) is 40.0 Å². The second-order valence-corrected chi connectivity index (χ2v) is 6.50. The summed E-state index contributed by atoms with van der Waals surface area (Å²) in [5, 5.41) is 0. The average Bonchev–Trinajstić information content (AvgIpc) is 3.06. The molecule has 18 heavy (non-hydrogen) atoms. The lowest BCUT2D eigenvalue weighted by atomic mass is 9.91. The molecular weight excluding hydrogens is 230 g/mol. The van der Waals surface area contributed by atoms with Crippen molar-refractivity contribution in [2.75, 3.05) is 13.1 Å². The van der Waals surface area contributed by atoms with Gasteiger partial charge < -0.3 is 14.4 Å². The number of rotatable bonds is 2. The van der Waals surface area contributed by atoms with E-state index in [-0.39, 0.29) is 6.09 Å². The molecule has 1 saturated heterocycles. The maximum atomic E-state index is 11.9. The minimum atomic E-state index is -0.424. The largest absolute Gasteiger partial charge is 0.444 e. The summed E-state index contributed by atoms with van der Waals surface area (Å²) in [6.07, 6.45) is 3.96. The molecule has 1 amide bonds. The molecule has 0 bridgehead atoms. The van der Waals surface area contributed by atoms with Gasteiger partial charge in [-0.05, 0) is 51.9 Å². The zero-order valence-electron chi connectivity index (χ0n) is 11.5. The number of likely N-dealkylation sites (tertiary alicyclic amines) is 1. The molecule has 4 heteroatoms. The van der Waals surface area contributed by atoms with Crippen LogP contribution in [-0.2, 0) is 9.53 Å². The van der Waals surface area contributed by atoms with E-state index in [1.807, 2.05) is 20.8 Å². The molecule has 2 aliphatic rings. The van der Waals surface area contributed by atoms with E-state index in [1.54, 1.807) is 4.90 Å². The van der Waals surface area contributed by atoms with Gasteiger partial charge in [-0.1, -0.05) is 0 Å². The summed E-state index contributed by atoms with van der Waals surface area (Å²) in [5.74, 6) is 1.50. The van der Waals surface area contributed by atoms with Crippen molar-refractivity contribution in [1.82, 2.24) is 4.90 Å². The lowest BCUT2D eigenvalue weighted by Gasteiger charge is -2.33. The molecular formula is C14H23NO3. The van der Waals surface area contributed by atoms with Gasteiger partial charge in [-0.25, -0.2) is 4.79 Å². The minimum absolute atomic E-state index is 0.205. The maximum absolute atomic E-state index is 11.9. The van der Waals surface area contributed by atoms with Crippen LogP contribution in [0.5, 0.6) is 0 Å². The second-order valence-electron chi connectivity index (χ2n) is 6.50. The van der Waals surface area contributed by atoms with Gasteiger partial charge in [0.15, 0.2) is 0 Å². The van der Waals surface area contributed by atoms with Crippen molar-refractivity contribution in [3.05, 3.63) is 0 Å². The smallest absolute Gasteiger partial charge is 0.410 e. The van der Waals surface area contributed by atoms with Gasteiger partial charge in [0.2, 0.25) is 0 Å². The summed E-state index contributed by atoms with van der Waals surface area (Å²) in [5.41, 5.74) is -0.424. The van der Waals surface area contributed by atoms with Crippen molar-refractivity contribution in [2.45, 2.75) is 45.6 Å². The zero-order valence-corrected chi connectivity index (χ0v) is 11.5. The lowest BCUT2D eigenvalue weighted by molar-refractivity contribution is -0.109. The van der Waals surface area contributed by atoms with Gasteiger partial charge in [-0.3, -0.25) is 0 Å². The van der Waals surface area contributed by atoms with Gasteiger partial charge in [0.05, 0.1) is 0 Å². The number of piperidine rings is 1. The Morgan fingerprint density at radius 2 is 1.89 bits per heavy atom. The van der Waals surface area contributed by atoms with Gasteiger partial charge in [-0.15, -0.1) is 0 Å². The summed E-state index contributed by atoms with van der Waals surface area (Å²) in [6.45, 7) is 7.19. The Kier molecular flexibility index (Phi) is 3.64. The third kappa shape index (κ3) is 3.24. The molecule has 0 aromatic heterocycles. The standard InChI is InChI=1S/C14H23NO3/c1-14(2,3)18-13(17)15-6-4-10(5-7-15)12-8-11(12)9-16/h9-12H,4-8H2,1-3H3/t11-,12?/m0/s1. The SMILES string of the molecule is CC(C)(C)OC(=O)N1CCC(C2C[C@H]2C=O)CC1. The maximum Gasteiger partial charge on any atom is 0.410 e. The van der Waals surface area contributed by atoms with Crippen LogP contribution in [0.15, 0.2) is 0 Å². The van der Waals surface area contributed by atoms with E-state index >= 15 is 0 Å². The Morgan fingerprint density at radius 1 is 1.28 bits per heavy atom. The molecule has 0 spiro atoms. The van der Waals surface area contributed by atoms with E-state index in [0.29, 0.717) is 17.8 Å². The topological polar surface area (TPSA) is 46.6 Å². The Balaban J connectivity index is 1.76. The van der Waals surface area contributed by atoms with Crippen LogP contribution in [0.3, 0.4) is 0 Å². The fraction of sp³-hybridized carbons (Fsp3) is 0.857. The highest BCUT2D eigenvalue weighted by Gasteiger charge is 2.43. The number of ether oxygens (including phenoxy) is 1. The van der Waals surface area contributed by atoms with E-state index in [9.17, 15) is 9.59 Å². The van der Waals surface area contributed by atoms with E-state index < -0.39 is 5.60 Å². The highest BCUT2D eigenvalue weighted by molar-refractivity contribution is 5.68. The second kappa shape index (κ2) is 4.90. The summed E-state index contributed by atoms with van der Waals surface area (Å²) in [7, 11) is 0. The molecule has 1 heterocycles. The quantitative estimate of drug-likeness (QED) is 0.710. The molecule has 1 unspecified atom stereocenters. The molecule has 2 rings (SSSR count). The first-order chi connectivity index (χ1) is 8.40.